The van der Waals surface area contributed by atoms with Crippen LogP contribution in [0, 0.1) is 29.1 Å². The second-order valence-corrected chi connectivity index (χ2v) is 6.99. The Morgan fingerprint density at radius 2 is 1.57 bits per heavy atom. The maximum Gasteiger partial charge on any atom is 0.313 e. The van der Waals surface area contributed by atoms with Gasteiger partial charge in [0.2, 0.25) is 0 Å². The smallest absolute Gasteiger partial charge is 0.313 e. The van der Waals surface area contributed by atoms with Gasteiger partial charge in [-0.1, -0.05) is 0 Å². The molecule has 0 spiro atoms. The molecule has 2 heterocycles. The number of hydrogen-bond acceptors (Lipinski definition) is 6. The third-order valence-electron chi connectivity index (χ3n) is 5.80. The number of carbonyl (C=O) groups is 2. The minimum absolute atomic E-state index is 0.0263. The molecule has 2 saturated heterocycles. The molecule has 0 aromatic carbocycles. The molecule has 3 fully saturated rings. The van der Waals surface area contributed by atoms with Crippen molar-refractivity contribution < 1.29 is 28.5 Å². The number of esters is 1. The molecule has 3 rings (SSSR count). The van der Waals surface area contributed by atoms with Crippen molar-refractivity contribution in [2.24, 2.45) is 29.1 Å². The fraction of sp³-hybridized carbons (Fsp3) is 0.882. The zero-order chi connectivity index (χ0) is 16.8. The fourth-order valence-corrected chi connectivity index (χ4v) is 5.15. The van der Waals surface area contributed by atoms with Crippen molar-refractivity contribution in [3.63, 3.8) is 0 Å². The Morgan fingerprint density at radius 3 is 1.96 bits per heavy atom. The fourth-order valence-electron chi connectivity index (χ4n) is 5.15. The summed E-state index contributed by atoms with van der Waals surface area (Å²) in [7, 11) is 3.35. The summed E-state index contributed by atoms with van der Waals surface area (Å²) in [5, 5.41) is 0. The van der Waals surface area contributed by atoms with E-state index in [1.54, 1.807) is 21.1 Å². The lowest BCUT2D eigenvalue weighted by Crippen LogP contribution is -2.34. The van der Waals surface area contributed by atoms with Crippen molar-refractivity contribution in [2.45, 2.75) is 32.5 Å². The molecule has 2 bridgehead atoms. The van der Waals surface area contributed by atoms with Crippen LogP contribution in [-0.4, -0.2) is 58.0 Å². The van der Waals surface area contributed by atoms with Crippen molar-refractivity contribution >= 4 is 11.8 Å². The summed E-state index contributed by atoms with van der Waals surface area (Å²) in [5.74, 6) is 0.340. The molecule has 23 heavy (non-hydrogen) atoms. The van der Waals surface area contributed by atoms with Crippen LogP contribution in [0.5, 0.6) is 0 Å². The normalized spacial score (nSPS) is 43.3. The van der Waals surface area contributed by atoms with E-state index in [1.807, 2.05) is 0 Å². The van der Waals surface area contributed by atoms with Crippen LogP contribution in [-0.2, 0) is 28.5 Å². The van der Waals surface area contributed by atoms with Gasteiger partial charge >= 0.3 is 5.97 Å². The Balaban J connectivity index is 1.87. The molecule has 0 aromatic heterocycles. The van der Waals surface area contributed by atoms with Gasteiger partial charge in [-0.2, -0.15) is 0 Å². The van der Waals surface area contributed by atoms with Gasteiger partial charge in [0.05, 0.1) is 37.4 Å². The molecule has 1 aliphatic carbocycles. The number of fused-ring (bicyclic) bond motifs is 5. The molecule has 6 nitrogen and oxygen atoms in total. The van der Waals surface area contributed by atoms with Crippen LogP contribution in [0.3, 0.4) is 0 Å². The number of rotatable bonds is 8. The summed E-state index contributed by atoms with van der Waals surface area (Å²) in [4.78, 5) is 24.4. The van der Waals surface area contributed by atoms with Gasteiger partial charge in [-0.25, -0.2) is 0 Å². The highest BCUT2D eigenvalue weighted by Crippen LogP contribution is 2.75. The first-order valence-corrected chi connectivity index (χ1v) is 8.32. The molecule has 0 radical (unpaired) electrons. The van der Waals surface area contributed by atoms with E-state index in [2.05, 4.69) is 0 Å². The predicted molar refractivity (Wildman–Crippen MR) is 80.7 cm³/mol. The van der Waals surface area contributed by atoms with Crippen LogP contribution in [0.4, 0.5) is 0 Å². The first-order valence-electron chi connectivity index (χ1n) is 8.32. The predicted octanol–water partition coefficient (Wildman–Crippen LogP) is 1.07. The lowest BCUT2D eigenvalue weighted by molar-refractivity contribution is -0.156. The van der Waals surface area contributed by atoms with Crippen LogP contribution >= 0.6 is 0 Å². The van der Waals surface area contributed by atoms with Crippen molar-refractivity contribution in [3.05, 3.63) is 0 Å². The molecule has 3 aliphatic rings. The molecule has 6 heteroatoms. The lowest BCUT2D eigenvalue weighted by atomic mass is 9.80. The molecule has 0 amide bonds. The highest BCUT2D eigenvalue weighted by Gasteiger charge is 2.83. The zero-order valence-corrected chi connectivity index (χ0v) is 14.2. The molecular formula is C17H26O6. The van der Waals surface area contributed by atoms with Crippen molar-refractivity contribution in [3.8, 4) is 0 Å². The number of hydrogen-bond donors (Lipinski definition) is 0. The standard InChI is InChI=1S/C17H26O6/c1-5-22-16(19)17(6-9(2)18)12-13(17)15-11(8-21-4)10(7-20-3)14(12)23-15/h10-15H,5-8H2,1-4H3/t10-,11+,12+,13-,14-,15+,17?. The summed E-state index contributed by atoms with van der Waals surface area (Å²) in [6, 6.07) is 0. The van der Waals surface area contributed by atoms with Gasteiger partial charge < -0.3 is 18.9 Å². The first kappa shape index (κ1) is 16.9. The first-order chi connectivity index (χ1) is 11.0. The third-order valence-corrected chi connectivity index (χ3v) is 5.80. The van der Waals surface area contributed by atoms with Crippen molar-refractivity contribution in [1.29, 1.82) is 0 Å². The van der Waals surface area contributed by atoms with Crippen molar-refractivity contribution in [1.82, 2.24) is 0 Å². The Hall–Kier alpha value is -0.980. The van der Waals surface area contributed by atoms with E-state index in [0.717, 1.165) is 0 Å². The maximum absolute atomic E-state index is 12.6. The summed E-state index contributed by atoms with van der Waals surface area (Å²) in [6.07, 6.45) is 0.152. The van der Waals surface area contributed by atoms with Crippen molar-refractivity contribution in [2.75, 3.05) is 34.0 Å². The highest BCUT2D eigenvalue weighted by atomic mass is 16.5. The van der Waals surface area contributed by atoms with Crippen LogP contribution < -0.4 is 0 Å². The molecule has 0 N–H and O–H groups in total. The molecule has 2 aliphatic heterocycles. The van der Waals surface area contributed by atoms with Gasteiger partial charge in [-0.05, 0) is 13.8 Å². The van der Waals surface area contributed by atoms with E-state index in [4.69, 9.17) is 18.9 Å². The number of carbonyl (C=O) groups excluding carboxylic acids is 2. The second-order valence-electron chi connectivity index (χ2n) is 6.99. The van der Waals surface area contributed by atoms with E-state index in [-0.39, 0.29) is 54.1 Å². The number of methoxy groups -OCH3 is 2. The van der Waals surface area contributed by atoms with Crippen LogP contribution in [0.1, 0.15) is 20.3 Å². The number of ether oxygens (including phenoxy) is 4. The minimum atomic E-state index is -0.691. The van der Waals surface area contributed by atoms with E-state index in [9.17, 15) is 9.59 Å². The van der Waals surface area contributed by atoms with E-state index >= 15 is 0 Å². The SMILES string of the molecule is CCOC(=O)C1(CC(C)=O)[C@@H]2[C@@H]3O[C@@H]([C@@H](COC)[C@H]3COC)[C@@H]21. The minimum Gasteiger partial charge on any atom is -0.466 e. The monoisotopic (exact) mass is 326 g/mol. The maximum atomic E-state index is 12.6. The van der Waals surface area contributed by atoms with Crippen LogP contribution in [0.15, 0.2) is 0 Å². The molecular weight excluding hydrogens is 300 g/mol. The Morgan fingerprint density at radius 1 is 1.04 bits per heavy atom. The number of Topliss-reactive ketones (excluding diaryl/α,β-unsaturated/α-hetero) is 1. The van der Waals surface area contributed by atoms with Gasteiger partial charge in [-0.3, -0.25) is 9.59 Å². The summed E-state index contributed by atoms with van der Waals surface area (Å²) in [6.45, 7) is 4.83. The molecule has 1 saturated carbocycles. The second kappa shape index (κ2) is 6.15. The average molecular weight is 326 g/mol. The summed E-state index contributed by atoms with van der Waals surface area (Å²) >= 11 is 0. The zero-order valence-electron chi connectivity index (χ0n) is 14.2. The lowest BCUT2D eigenvalue weighted by Gasteiger charge is -2.25. The van der Waals surface area contributed by atoms with E-state index < -0.39 is 5.41 Å². The van der Waals surface area contributed by atoms with Gasteiger partial charge in [0.15, 0.2) is 0 Å². The van der Waals surface area contributed by atoms with Gasteiger partial charge in [0.25, 0.3) is 0 Å². The van der Waals surface area contributed by atoms with Crippen LogP contribution in [0.2, 0.25) is 0 Å². The number of ketones is 1. The van der Waals surface area contributed by atoms with Gasteiger partial charge in [0, 0.05) is 44.3 Å². The molecule has 0 aromatic rings. The van der Waals surface area contributed by atoms with Gasteiger partial charge in [-0.15, -0.1) is 0 Å². The highest BCUT2D eigenvalue weighted by molar-refractivity contribution is 5.89. The van der Waals surface area contributed by atoms with Crippen LogP contribution in [0.25, 0.3) is 0 Å². The third kappa shape index (κ3) is 2.34. The summed E-state index contributed by atoms with van der Waals surface area (Å²) < 4.78 is 22.2. The van der Waals surface area contributed by atoms with E-state index in [1.165, 1.54) is 6.92 Å². The Kier molecular flexibility index (Phi) is 4.51. The molecule has 130 valence electrons. The van der Waals surface area contributed by atoms with Gasteiger partial charge in [0.1, 0.15) is 5.78 Å². The quantitative estimate of drug-likeness (QED) is 0.621. The Labute approximate surface area is 136 Å². The average Bonchev–Trinajstić information content (AvgIpc) is 2.83. The molecule has 1 unspecified atom stereocenters. The molecule has 7 atom stereocenters. The van der Waals surface area contributed by atoms with E-state index in [0.29, 0.717) is 19.8 Å². The summed E-state index contributed by atoms with van der Waals surface area (Å²) in [5.41, 5.74) is -0.691. The Bertz CT molecular complexity index is 465. The largest absolute Gasteiger partial charge is 0.466 e. The topological polar surface area (TPSA) is 71.1 Å².